The molecule has 29 heavy (non-hydrogen) atoms. The van der Waals surface area contributed by atoms with E-state index in [1.807, 2.05) is 30.3 Å². The van der Waals surface area contributed by atoms with Gasteiger partial charge in [-0.2, -0.15) is 0 Å². The van der Waals surface area contributed by atoms with Crippen LogP contribution in [0.4, 0.5) is 10.5 Å². The lowest BCUT2D eigenvalue weighted by molar-refractivity contribution is -0.127. The van der Waals surface area contributed by atoms with Gasteiger partial charge in [0.15, 0.2) is 0 Å². The first-order valence-electron chi connectivity index (χ1n) is 9.93. The fourth-order valence-corrected chi connectivity index (χ4v) is 3.60. The summed E-state index contributed by atoms with van der Waals surface area (Å²) in [4.78, 5) is 24.8. The molecule has 0 unspecified atom stereocenters. The summed E-state index contributed by atoms with van der Waals surface area (Å²) in [5, 5.41) is 16.4. The van der Waals surface area contributed by atoms with E-state index in [1.165, 1.54) is 0 Å². The molecule has 0 spiro atoms. The molecule has 0 aliphatic heterocycles. The van der Waals surface area contributed by atoms with Crippen LogP contribution in [0.2, 0.25) is 0 Å². The number of methoxy groups -OCH3 is 1. The van der Waals surface area contributed by atoms with Gasteiger partial charge in [0.25, 0.3) is 0 Å². The summed E-state index contributed by atoms with van der Waals surface area (Å²) < 4.78 is 7.31. The van der Waals surface area contributed by atoms with Crippen molar-refractivity contribution in [1.82, 2.24) is 25.6 Å². The molecule has 1 heterocycles. The van der Waals surface area contributed by atoms with Gasteiger partial charge in [0.2, 0.25) is 5.91 Å². The molecule has 1 aliphatic rings. The van der Waals surface area contributed by atoms with Crippen LogP contribution in [-0.4, -0.2) is 52.7 Å². The maximum absolute atomic E-state index is 12.5. The van der Waals surface area contributed by atoms with Gasteiger partial charge in [0, 0.05) is 38.0 Å². The molecular weight excluding hydrogens is 372 g/mol. The van der Waals surface area contributed by atoms with Gasteiger partial charge in [-0.25, -0.2) is 4.79 Å². The Hall–Kier alpha value is -2.94. The number of anilines is 1. The smallest absolute Gasteiger partial charge is 0.319 e. The number of hydrogen-bond donors (Lipinski definition) is 3. The van der Waals surface area contributed by atoms with Gasteiger partial charge >= 0.3 is 6.03 Å². The molecule has 3 atom stereocenters. The van der Waals surface area contributed by atoms with Crippen LogP contribution in [0.3, 0.4) is 0 Å². The molecule has 1 saturated carbocycles. The number of amides is 3. The number of nitrogens with one attached hydrogen (secondary N) is 3. The van der Waals surface area contributed by atoms with Gasteiger partial charge in [-0.15, -0.1) is 5.10 Å². The maximum Gasteiger partial charge on any atom is 0.319 e. The van der Waals surface area contributed by atoms with Crippen molar-refractivity contribution in [2.24, 2.45) is 5.92 Å². The van der Waals surface area contributed by atoms with E-state index in [1.54, 1.807) is 24.2 Å². The minimum atomic E-state index is -0.265. The van der Waals surface area contributed by atoms with E-state index in [9.17, 15) is 9.59 Å². The maximum atomic E-state index is 12.5. The predicted octanol–water partition coefficient (Wildman–Crippen LogP) is 1.79. The van der Waals surface area contributed by atoms with Gasteiger partial charge in [0.1, 0.15) is 0 Å². The molecule has 3 N–H and O–H groups in total. The Morgan fingerprint density at radius 3 is 2.79 bits per heavy atom. The van der Waals surface area contributed by atoms with Crippen LogP contribution in [0.1, 0.15) is 25.7 Å². The van der Waals surface area contributed by atoms with Crippen molar-refractivity contribution in [2.75, 3.05) is 19.0 Å². The first-order valence-corrected chi connectivity index (χ1v) is 9.93. The van der Waals surface area contributed by atoms with Crippen LogP contribution >= 0.6 is 0 Å². The van der Waals surface area contributed by atoms with Crippen LogP contribution in [0.25, 0.3) is 0 Å². The molecule has 1 aliphatic carbocycles. The van der Waals surface area contributed by atoms with Crippen molar-refractivity contribution in [3.05, 3.63) is 42.7 Å². The molecule has 1 fully saturated rings. The molecule has 0 bridgehead atoms. The molecule has 2 aromatic rings. The Morgan fingerprint density at radius 1 is 1.24 bits per heavy atom. The SMILES string of the molecule is CO[C@@H]1C[C@@H](C(=O)NCCCn2ccnn2)CC[C@H]1NC(=O)Nc1ccccc1. The second-order valence-corrected chi connectivity index (χ2v) is 7.17. The molecule has 9 heteroatoms. The summed E-state index contributed by atoms with van der Waals surface area (Å²) in [6.07, 6.45) is 6.02. The van der Waals surface area contributed by atoms with E-state index in [2.05, 4.69) is 26.3 Å². The lowest BCUT2D eigenvalue weighted by Crippen LogP contribution is -2.50. The van der Waals surface area contributed by atoms with Crippen LogP contribution in [-0.2, 0) is 16.1 Å². The average Bonchev–Trinajstić information content (AvgIpc) is 3.25. The van der Waals surface area contributed by atoms with Crippen LogP contribution in [0.15, 0.2) is 42.7 Å². The van der Waals surface area contributed by atoms with Crippen molar-refractivity contribution in [1.29, 1.82) is 0 Å². The van der Waals surface area contributed by atoms with Gasteiger partial charge in [-0.05, 0) is 37.8 Å². The summed E-state index contributed by atoms with van der Waals surface area (Å²) in [6, 6.07) is 8.89. The van der Waals surface area contributed by atoms with E-state index < -0.39 is 0 Å². The topological polar surface area (TPSA) is 110 Å². The Labute approximate surface area is 170 Å². The van der Waals surface area contributed by atoms with Crippen molar-refractivity contribution < 1.29 is 14.3 Å². The zero-order chi connectivity index (χ0) is 20.5. The first kappa shape index (κ1) is 20.8. The minimum absolute atomic E-state index is 0.0397. The highest BCUT2D eigenvalue weighted by Gasteiger charge is 2.34. The largest absolute Gasteiger partial charge is 0.379 e. The summed E-state index contributed by atoms with van der Waals surface area (Å²) in [5.74, 6) is -0.0700. The zero-order valence-electron chi connectivity index (χ0n) is 16.6. The van der Waals surface area contributed by atoms with Crippen LogP contribution in [0, 0.1) is 5.92 Å². The highest BCUT2D eigenvalue weighted by molar-refractivity contribution is 5.89. The Kier molecular flexibility index (Phi) is 7.57. The van der Waals surface area contributed by atoms with Gasteiger partial charge < -0.3 is 20.7 Å². The number of carbonyl (C=O) groups excluding carboxylic acids is 2. The molecule has 3 amide bonds. The number of benzene rings is 1. The van der Waals surface area contributed by atoms with Gasteiger partial charge in [-0.3, -0.25) is 9.48 Å². The van der Waals surface area contributed by atoms with Gasteiger partial charge in [-0.1, -0.05) is 23.4 Å². The van der Waals surface area contributed by atoms with E-state index in [-0.39, 0.29) is 30.0 Å². The quantitative estimate of drug-likeness (QED) is 0.585. The Balaban J connectivity index is 1.41. The third-order valence-electron chi connectivity index (χ3n) is 5.15. The average molecular weight is 400 g/mol. The summed E-state index contributed by atoms with van der Waals surface area (Å²) >= 11 is 0. The third kappa shape index (κ3) is 6.28. The second-order valence-electron chi connectivity index (χ2n) is 7.17. The number of aromatic nitrogens is 3. The number of hydrogen-bond acceptors (Lipinski definition) is 5. The molecule has 3 rings (SSSR count). The normalized spacial score (nSPS) is 21.3. The highest BCUT2D eigenvalue weighted by Crippen LogP contribution is 2.27. The van der Waals surface area contributed by atoms with Crippen LogP contribution in [0.5, 0.6) is 0 Å². The molecule has 9 nitrogen and oxygen atoms in total. The van der Waals surface area contributed by atoms with E-state index >= 15 is 0 Å². The summed E-state index contributed by atoms with van der Waals surface area (Å²) in [5.41, 5.74) is 0.734. The van der Waals surface area contributed by atoms with Gasteiger partial charge in [0.05, 0.1) is 18.3 Å². The molecule has 0 saturated heterocycles. The number of aryl methyl sites for hydroxylation is 1. The molecule has 1 aromatic heterocycles. The fourth-order valence-electron chi connectivity index (χ4n) is 3.60. The third-order valence-corrected chi connectivity index (χ3v) is 5.15. The number of carbonyl (C=O) groups is 2. The number of para-hydroxylation sites is 1. The van der Waals surface area contributed by atoms with Crippen molar-refractivity contribution in [3.63, 3.8) is 0 Å². The lowest BCUT2D eigenvalue weighted by atomic mass is 9.83. The standard InChI is InChI=1S/C20H28N6O3/c1-29-18-14-15(19(27)21-10-5-12-26-13-11-22-25-26)8-9-17(18)24-20(28)23-16-6-3-2-4-7-16/h2-4,6-7,11,13,15,17-18H,5,8-10,12,14H2,1H3,(H,21,27)(H2,23,24,28)/t15-,17+,18+/m0/s1. The Morgan fingerprint density at radius 2 is 2.07 bits per heavy atom. The predicted molar refractivity (Wildman–Crippen MR) is 108 cm³/mol. The van der Waals surface area contributed by atoms with E-state index in [0.717, 1.165) is 12.1 Å². The van der Waals surface area contributed by atoms with Crippen molar-refractivity contribution in [3.8, 4) is 0 Å². The second kappa shape index (κ2) is 10.6. The fraction of sp³-hybridized carbons (Fsp3) is 0.500. The number of rotatable bonds is 8. The molecular formula is C20H28N6O3. The van der Waals surface area contributed by atoms with Crippen LogP contribution < -0.4 is 16.0 Å². The van der Waals surface area contributed by atoms with E-state index in [4.69, 9.17) is 4.74 Å². The Bertz CT molecular complexity index is 768. The molecule has 156 valence electrons. The lowest BCUT2D eigenvalue weighted by Gasteiger charge is -2.35. The molecule has 0 radical (unpaired) electrons. The zero-order valence-corrected chi connectivity index (χ0v) is 16.6. The number of ether oxygens (including phenoxy) is 1. The molecule has 1 aromatic carbocycles. The van der Waals surface area contributed by atoms with Crippen molar-refractivity contribution in [2.45, 2.75) is 44.4 Å². The summed E-state index contributed by atoms with van der Waals surface area (Å²) in [7, 11) is 1.62. The number of urea groups is 1. The number of nitrogens with zero attached hydrogens (tertiary/aromatic N) is 3. The highest BCUT2D eigenvalue weighted by atomic mass is 16.5. The van der Waals surface area contributed by atoms with E-state index in [0.29, 0.717) is 32.4 Å². The van der Waals surface area contributed by atoms with Crippen molar-refractivity contribution >= 4 is 17.6 Å². The monoisotopic (exact) mass is 400 g/mol. The first-order chi connectivity index (χ1) is 14.2. The summed E-state index contributed by atoms with van der Waals surface area (Å²) in [6.45, 7) is 1.31. The minimum Gasteiger partial charge on any atom is -0.379 e.